The molecule has 0 saturated carbocycles. The van der Waals surface area contributed by atoms with Crippen molar-refractivity contribution in [1.82, 2.24) is 24.3 Å². The Labute approximate surface area is 291 Å². The van der Waals surface area contributed by atoms with Crippen LogP contribution in [0.4, 0.5) is 0 Å². The first-order valence-electron chi connectivity index (χ1n) is 18.7. The van der Waals surface area contributed by atoms with Crippen LogP contribution in [0.5, 0.6) is 23.0 Å². The molecule has 0 saturated heterocycles. The molecule has 0 aliphatic carbocycles. The zero-order chi connectivity index (χ0) is 34.7. The molecule has 0 bridgehead atoms. The largest absolute Gasteiger partial charge is 0.497 e. The number of rotatable bonds is 26. The summed E-state index contributed by atoms with van der Waals surface area (Å²) in [5.74, 6) is 4.03. The molecule has 3 aromatic rings. The number of aryl methyl sites for hydroxylation is 1. The van der Waals surface area contributed by atoms with Crippen molar-refractivity contribution in [3.05, 3.63) is 30.3 Å². The van der Waals surface area contributed by atoms with Gasteiger partial charge in [0.05, 0.1) is 31.4 Å². The average Bonchev–Trinajstić information content (AvgIpc) is 3.48. The van der Waals surface area contributed by atoms with E-state index in [1.165, 1.54) is 0 Å². The second kappa shape index (κ2) is 21.9. The molecular formula is C39H65N5O4. The molecule has 48 heavy (non-hydrogen) atoms. The van der Waals surface area contributed by atoms with Crippen molar-refractivity contribution in [2.45, 2.75) is 87.1 Å². The fraction of sp³-hybridized carbons (Fsp3) is 0.667. The van der Waals surface area contributed by atoms with E-state index in [1.807, 2.05) is 18.2 Å². The molecule has 1 heterocycles. The molecule has 0 aliphatic rings. The van der Waals surface area contributed by atoms with Gasteiger partial charge in [0, 0.05) is 44.4 Å². The van der Waals surface area contributed by atoms with E-state index in [2.05, 4.69) is 79.9 Å². The van der Waals surface area contributed by atoms with Gasteiger partial charge in [-0.2, -0.15) is 0 Å². The van der Waals surface area contributed by atoms with E-state index in [0.29, 0.717) is 19.8 Å². The van der Waals surface area contributed by atoms with E-state index < -0.39 is 0 Å². The molecule has 0 amide bonds. The maximum absolute atomic E-state index is 6.53. The van der Waals surface area contributed by atoms with Crippen molar-refractivity contribution in [2.24, 2.45) is 0 Å². The number of nitrogens with zero attached hydrogens (tertiary/aromatic N) is 5. The number of hydrogen-bond acceptors (Lipinski definition) is 8. The summed E-state index contributed by atoms with van der Waals surface area (Å²) in [7, 11) is 1.70. The topological polar surface area (TPSA) is 64.5 Å². The number of benzene rings is 2. The summed E-state index contributed by atoms with van der Waals surface area (Å²) in [6, 6.07) is 10.3. The van der Waals surface area contributed by atoms with Crippen molar-refractivity contribution in [1.29, 1.82) is 0 Å². The van der Waals surface area contributed by atoms with Gasteiger partial charge < -0.3 is 38.2 Å². The fourth-order valence-corrected chi connectivity index (χ4v) is 6.10. The Morgan fingerprint density at radius 1 is 0.604 bits per heavy atom. The second-order valence-corrected chi connectivity index (χ2v) is 12.3. The van der Waals surface area contributed by atoms with Gasteiger partial charge in [-0.25, -0.2) is 4.98 Å². The van der Waals surface area contributed by atoms with Gasteiger partial charge in [0.15, 0.2) is 5.75 Å². The molecule has 0 spiro atoms. The van der Waals surface area contributed by atoms with Gasteiger partial charge in [-0.15, -0.1) is 0 Å². The molecule has 0 radical (unpaired) electrons. The van der Waals surface area contributed by atoms with Crippen LogP contribution in [0.25, 0.3) is 22.4 Å². The summed E-state index contributed by atoms with van der Waals surface area (Å²) in [5, 5.41) is 0. The van der Waals surface area contributed by atoms with Crippen LogP contribution in [0, 0.1) is 0 Å². The van der Waals surface area contributed by atoms with Crippen LogP contribution in [0.15, 0.2) is 30.3 Å². The van der Waals surface area contributed by atoms with Crippen LogP contribution in [-0.4, -0.2) is 110 Å². The predicted molar refractivity (Wildman–Crippen MR) is 200 cm³/mol. The molecular weight excluding hydrogens is 602 g/mol. The quantitative estimate of drug-likeness (QED) is 0.0803. The molecule has 0 unspecified atom stereocenters. The molecule has 0 N–H and O–H groups in total. The van der Waals surface area contributed by atoms with Gasteiger partial charge in [0.25, 0.3) is 0 Å². The summed E-state index contributed by atoms with van der Waals surface area (Å²) in [4.78, 5) is 12.6. The monoisotopic (exact) mass is 668 g/mol. The maximum Gasteiger partial charge on any atom is 0.150 e. The lowest BCUT2D eigenvalue weighted by Gasteiger charge is -2.20. The normalized spacial score (nSPS) is 11.7. The number of ether oxygens (including phenoxy) is 4. The summed E-state index contributed by atoms with van der Waals surface area (Å²) in [5.41, 5.74) is 2.84. The van der Waals surface area contributed by atoms with Crippen LogP contribution >= 0.6 is 0 Å². The first kappa shape index (κ1) is 39.4. The molecule has 1 aromatic heterocycles. The number of hydrogen-bond donors (Lipinski definition) is 0. The van der Waals surface area contributed by atoms with Crippen molar-refractivity contribution in [2.75, 3.05) is 85.8 Å². The third-order valence-electron chi connectivity index (χ3n) is 9.16. The number of methoxy groups -OCH3 is 1. The summed E-state index contributed by atoms with van der Waals surface area (Å²) >= 11 is 0. The van der Waals surface area contributed by atoms with Gasteiger partial charge in [0.1, 0.15) is 35.2 Å². The number of imidazole rings is 1. The molecule has 3 rings (SSSR count). The Balaban J connectivity index is 2.03. The lowest BCUT2D eigenvalue weighted by molar-refractivity contribution is 0.216. The van der Waals surface area contributed by atoms with E-state index in [1.54, 1.807) is 7.11 Å². The van der Waals surface area contributed by atoms with Gasteiger partial charge in [-0.1, -0.05) is 54.9 Å². The summed E-state index contributed by atoms with van der Waals surface area (Å²) in [6.45, 7) is 27.4. The molecule has 9 heteroatoms. The lowest BCUT2D eigenvalue weighted by Crippen LogP contribution is -2.29. The van der Waals surface area contributed by atoms with E-state index in [4.69, 9.17) is 23.9 Å². The third kappa shape index (κ3) is 11.6. The minimum absolute atomic E-state index is 0.593. The second-order valence-electron chi connectivity index (χ2n) is 12.3. The van der Waals surface area contributed by atoms with Gasteiger partial charge in [-0.05, 0) is 77.1 Å². The van der Waals surface area contributed by atoms with Crippen molar-refractivity contribution in [3.63, 3.8) is 0 Å². The predicted octanol–water partition coefficient (Wildman–Crippen LogP) is 7.84. The van der Waals surface area contributed by atoms with Crippen LogP contribution in [0.1, 0.15) is 80.6 Å². The Morgan fingerprint density at radius 3 is 1.83 bits per heavy atom. The summed E-state index contributed by atoms with van der Waals surface area (Å²) in [6.07, 6.45) is 5.15. The Morgan fingerprint density at radius 2 is 1.23 bits per heavy atom. The highest BCUT2D eigenvalue weighted by Crippen LogP contribution is 2.39. The first-order chi connectivity index (χ1) is 23.5. The Kier molecular flexibility index (Phi) is 18.0. The zero-order valence-electron chi connectivity index (χ0n) is 31.5. The van der Waals surface area contributed by atoms with Crippen LogP contribution < -0.4 is 18.9 Å². The standard InChI is InChI=1S/C39H65N5O4/c1-9-16-24-44-35-29-33(46-26-17-22-41(11-3)12-4)31-37(47-27-18-23-42(13-5)14-6)38(35)40-39(44)34-20-19-32(45-8)30-36(34)48-28-25-43(15-7)21-10-2/h19-20,29-31H,9-18,21-28H2,1-8H3. The third-order valence-corrected chi connectivity index (χ3v) is 9.16. The molecule has 270 valence electrons. The van der Waals surface area contributed by atoms with Crippen LogP contribution in [-0.2, 0) is 6.54 Å². The highest BCUT2D eigenvalue weighted by Gasteiger charge is 2.21. The highest BCUT2D eigenvalue weighted by molar-refractivity contribution is 5.88. The molecule has 0 aliphatic heterocycles. The van der Waals surface area contributed by atoms with Crippen molar-refractivity contribution in [3.8, 4) is 34.4 Å². The van der Waals surface area contributed by atoms with Gasteiger partial charge in [0.2, 0.25) is 0 Å². The van der Waals surface area contributed by atoms with E-state index >= 15 is 0 Å². The minimum atomic E-state index is 0.593. The SMILES string of the molecule is CCCCn1c(-c2ccc(OC)cc2OCCN(CC)CCC)nc2c(OCCCN(CC)CC)cc(OCCCN(CC)CC)cc21. The number of unbranched alkanes of at least 4 members (excludes halogenated alkanes) is 1. The van der Waals surface area contributed by atoms with Crippen molar-refractivity contribution >= 4 is 11.0 Å². The van der Waals surface area contributed by atoms with E-state index in [-0.39, 0.29) is 0 Å². The Hall–Kier alpha value is -3.01. The maximum atomic E-state index is 6.53. The highest BCUT2D eigenvalue weighted by atomic mass is 16.5. The van der Waals surface area contributed by atoms with E-state index in [0.717, 1.165) is 143 Å². The van der Waals surface area contributed by atoms with Gasteiger partial charge >= 0.3 is 0 Å². The fourth-order valence-electron chi connectivity index (χ4n) is 6.10. The van der Waals surface area contributed by atoms with Gasteiger partial charge in [-0.3, -0.25) is 0 Å². The number of likely N-dealkylation sites (N-methyl/N-ethyl adjacent to an activating group) is 1. The van der Waals surface area contributed by atoms with E-state index in [9.17, 15) is 0 Å². The van der Waals surface area contributed by atoms with Crippen LogP contribution in [0.3, 0.4) is 0 Å². The number of aromatic nitrogens is 2. The Bertz CT molecular complexity index is 1320. The lowest BCUT2D eigenvalue weighted by atomic mass is 10.1. The molecule has 9 nitrogen and oxygen atoms in total. The molecule has 0 atom stereocenters. The van der Waals surface area contributed by atoms with Crippen molar-refractivity contribution < 1.29 is 18.9 Å². The number of fused-ring (bicyclic) bond motifs is 1. The summed E-state index contributed by atoms with van der Waals surface area (Å²) < 4.78 is 27.4. The van der Waals surface area contributed by atoms with Crippen LogP contribution in [0.2, 0.25) is 0 Å². The molecule has 0 fully saturated rings. The smallest absolute Gasteiger partial charge is 0.150 e. The minimum Gasteiger partial charge on any atom is -0.497 e. The zero-order valence-corrected chi connectivity index (χ0v) is 31.5. The average molecular weight is 668 g/mol. The first-order valence-corrected chi connectivity index (χ1v) is 18.7. The molecule has 2 aromatic carbocycles.